The molecule has 1 aliphatic rings. The van der Waals surface area contributed by atoms with E-state index in [1.165, 1.54) is 18.6 Å². The normalized spacial score (nSPS) is 15.2. The fourth-order valence-corrected chi connectivity index (χ4v) is 3.88. The van der Waals surface area contributed by atoms with Gasteiger partial charge in [-0.2, -0.15) is 0 Å². The van der Waals surface area contributed by atoms with Gasteiger partial charge in [0.05, 0.1) is 28.2 Å². The van der Waals surface area contributed by atoms with E-state index in [9.17, 15) is 9.32 Å². The molecule has 3 aromatic rings. The van der Waals surface area contributed by atoms with E-state index >= 15 is 0 Å². The van der Waals surface area contributed by atoms with E-state index in [1.807, 2.05) is 30.3 Å². The molecular weight excluding hydrogens is 376 g/mol. The molecule has 0 aliphatic carbocycles. The van der Waals surface area contributed by atoms with E-state index in [2.05, 4.69) is 0 Å². The Morgan fingerprint density at radius 2 is 1.86 bits per heavy atom. The number of phenolic OH excluding ortho intramolecular Hbond substituents is 1. The quantitative estimate of drug-likeness (QED) is 0.691. The fourth-order valence-electron chi connectivity index (χ4n) is 2.83. The molecular formula is C22H18O5S. The number of ether oxygens (including phenoxy) is 3. The van der Waals surface area contributed by atoms with Gasteiger partial charge in [-0.15, -0.1) is 0 Å². The Labute approximate surface area is 165 Å². The molecule has 0 fully saturated rings. The SMILES string of the molecule is COc1ccc(C2=C[S@](=O)c3cc(OCc4ccccc4)ccc3O2)cc1O. The van der Waals surface area contributed by atoms with Crippen molar-refractivity contribution in [3.8, 4) is 23.0 Å². The molecule has 0 saturated carbocycles. The lowest BCUT2D eigenvalue weighted by atomic mass is 10.1. The topological polar surface area (TPSA) is 65.0 Å². The average Bonchev–Trinajstić information content (AvgIpc) is 2.73. The molecule has 0 amide bonds. The lowest BCUT2D eigenvalue weighted by molar-refractivity contribution is 0.305. The monoisotopic (exact) mass is 394 g/mol. The summed E-state index contributed by atoms with van der Waals surface area (Å²) in [6.07, 6.45) is 0. The van der Waals surface area contributed by atoms with Crippen LogP contribution in [-0.4, -0.2) is 16.4 Å². The standard InChI is InChI=1S/C22H18O5S/c1-25-19-9-7-16(11-18(19)23)21-14-28(24)22-12-17(8-10-20(22)27-21)26-13-15-5-3-2-4-6-15/h2-12,14,23H,13H2,1H3/t28-/m0/s1. The van der Waals surface area contributed by atoms with Crippen LogP contribution in [0.15, 0.2) is 77.0 Å². The zero-order valence-corrected chi connectivity index (χ0v) is 15.9. The summed E-state index contributed by atoms with van der Waals surface area (Å²) >= 11 is 0. The van der Waals surface area contributed by atoms with Crippen molar-refractivity contribution in [3.63, 3.8) is 0 Å². The molecule has 1 heterocycles. The Morgan fingerprint density at radius 3 is 2.61 bits per heavy atom. The molecule has 0 unspecified atom stereocenters. The summed E-state index contributed by atoms with van der Waals surface area (Å²) in [5, 5.41) is 11.5. The van der Waals surface area contributed by atoms with Crippen molar-refractivity contribution in [1.82, 2.24) is 0 Å². The predicted molar refractivity (Wildman–Crippen MR) is 107 cm³/mol. The van der Waals surface area contributed by atoms with Crippen molar-refractivity contribution in [2.24, 2.45) is 0 Å². The lowest BCUT2D eigenvalue weighted by Crippen LogP contribution is -2.06. The minimum Gasteiger partial charge on any atom is -0.504 e. The zero-order chi connectivity index (χ0) is 19.5. The number of hydrogen-bond acceptors (Lipinski definition) is 5. The van der Waals surface area contributed by atoms with E-state index < -0.39 is 10.8 Å². The minimum atomic E-state index is -1.40. The van der Waals surface area contributed by atoms with Crippen molar-refractivity contribution in [2.45, 2.75) is 11.5 Å². The van der Waals surface area contributed by atoms with Gasteiger partial charge in [-0.1, -0.05) is 30.3 Å². The third-order valence-electron chi connectivity index (χ3n) is 4.28. The van der Waals surface area contributed by atoms with Crippen LogP contribution in [0.3, 0.4) is 0 Å². The van der Waals surface area contributed by atoms with Crippen molar-refractivity contribution in [3.05, 3.63) is 83.3 Å². The first-order chi connectivity index (χ1) is 13.6. The Hall–Kier alpha value is -3.25. The van der Waals surface area contributed by atoms with E-state index in [0.717, 1.165) is 5.56 Å². The van der Waals surface area contributed by atoms with Crippen LogP contribution in [-0.2, 0) is 17.4 Å². The molecule has 0 radical (unpaired) electrons. The van der Waals surface area contributed by atoms with Gasteiger partial charge in [0.1, 0.15) is 23.9 Å². The van der Waals surface area contributed by atoms with E-state index in [1.54, 1.807) is 30.3 Å². The summed E-state index contributed by atoms with van der Waals surface area (Å²) in [4.78, 5) is 0.548. The summed E-state index contributed by atoms with van der Waals surface area (Å²) in [6.45, 7) is 0.430. The fraction of sp³-hybridized carbons (Fsp3) is 0.0909. The summed E-state index contributed by atoms with van der Waals surface area (Å²) in [5.41, 5.74) is 1.67. The minimum absolute atomic E-state index is 0.00857. The highest BCUT2D eigenvalue weighted by molar-refractivity contribution is 7.88. The predicted octanol–water partition coefficient (Wildman–Crippen LogP) is 4.48. The second-order valence-electron chi connectivity index (χ2n) is 6.15. The van der Waals surface area contributed by atoms with Crippen LogP contribution in [0.1, 0.15) is 11.1 Å². The highest BCUT2D eigenvalue weighted by Crippen LogP contribution is 2.37. The molecule has 0 saturated heterocycles. The molecule has 3 aromatic carbocycles. The molecule has 4 rings (SSSR count). The van der Waals surface area contributed by atoms with Gasteiger partial charge in [-0.25, -0.2) is 4.21 Å². The van der Waals surface area contributed by atoms with Crippen molar-refractivity contribution in [2.75, 3.05) is 7.11 Å². The first-order valence-electron chi connectivity index (χ1n) is 8.62. The lowest BCUT2D eigenvalue weighted by Gasteiger charge is -2.19. The van der Waals surface area contributed by atoms with Crippen LogP contribution < -0.4 is 14.2 Å². The maximum atomic E-state index is 12.7. The Morgan fingerprint density at radius 1 is 1.04 bits per heavy atom. The summed E-state index contributed by atoms with van der Waals surface area (Å²) < 4.78 is 29.5. The van der Waals surface area contributed by atoms with Crippen LogP contribution in [0.5, 0.6) is 23.0 Å². The van der Waals surface area contributed by atoms with E-state index in [4.69, 9.17) is 14.2 Å². The molecule has 1 aliphatic heterocycles. The average molecular weight is 394 g/mol. The number of rotatable bonds is 5. The number of fused-ring (bicyclic) bond motifs is 1. The first-order valence-corrected chi connectivity index (χ1v) is 9.84. The molecule has 28 heavy (non-hydrogen) atoms. The molecule has 5 nitrogen and oxygen atoms in total. The van der Waals surface area contributed by atoms with E-state index in [-0.39, 0.29) is 5.75 Å². The van der Waals surface area contributed by atoms with Gasteiger partial charge in [0.15, 0.2) is 11.5 Å². The van der Waals surface area contributed by atoms with Gasteiger partial charge in [0.25, 0.3) is 0 Å². The Bertz CT molecular complexity index is 1060. The summed E-state index contributed by atoms with van der Waals surface area (Å²) in [6, 6.07) is 20.0. The molecule has 0 aromatic heterocycles. The van der Waals surface area contributed by atoms with Gasteiger partial charge in [-0.05, 0) is 35.9 Å². The Balaban J connectivity index is 1.54. The van der Waals surface area contributed by atoms with Crippen LogP contribution in [0, 0.1) is 0 Å². The number of hydrogen-bond donors (Lipinski definition) is 1. The Kier molecular flexibility index (Phi) is 5.04. The van der Waals surface area contributed by atoms with Gasteiger partial charge in [-0.3, -0.25) is 0 Å². The number of aromatic hydroxyl groups is 1. The number of methoxy groups -OCH3 is 1. The number of phenols is 1. The molecule has 6 heteroatoms. The maximum absolute atomic E-state index is 12.7. The van der Waals surface area contributed by atoms with Crippen molar-refractivity contribution >= 4 is 16.6 Å². The molecule has 142 valence electrons. The second-order valence-corrected chi connectivity index (χ2v) is 7.42. The second kappa shape index (κ2) is 7.78. The van der Waals surface area contributed by atoms with Crippen molar-refractivity contribution < 1.29 is 23.5 Å². The van der Waals surface area contributed by atoms with Crippen LogP contribution in [0.2, 0.25) is 0 Å². The van der Waals surface area contributed by atoms with E-state index in [0.29, 0.717) is 40.1 Å². The third-order valence-corrected chi connectivity index (χ3v) is 5.46. The van der Waals surface area contributed by atoms with Gasteiger partial charge in [0.2, 0.25) is 0 Å². The maximum Gasteiger partial charge on any atom is 0.160 e. The zero-order valence-electron chi connectivity index (χ0n) is 15.1. The molecule has 0 bridgehead atoms. The van der Waals surface area contributed by atoms with Crippen LogP contribution in [0.25, 0.3) is 5.76 Å². The van der Waals surface area contributed by atoms with Crippen LogP contribution >= 0.6 is 0 Å². The highest BCUT2D eigenvalue weighted by atomic mass is 32.2. The molecule has 1 N–H and O–H groups in total. The van der Waals surface area contributed by atoms with Gasteiger partial charge in [0, 0.05) is 11.6 Å². The van der Waals surface area contributed by atoms with Gasteiger partial charge >= 0.3 is 0 Å². The van der Waals surface area contributed by atoms with Crippen LogP contribution in [0.4, 0.5) is 0 Å². The summed E-state index contributed by atoms with van der Waals surface area (Å²) in [7, 11) is 0.0823. The number of benzene rings is 3. The molecule has 1 atom stereocenters. The highest BCUT2D eigenvalue weighted by Gasteiger charge is 2.21. The molecule has 0 spiro atoms. The first kappa shape index (κ1) is 18.1. The third kappa shape index (κ3) is 3.73. The van der Waals surface area contributed by atoms with Gasteiger partial charge < -0.3 is 19.3 Å². The summed E-state index contributed by atoms with van der Waals surface area (Å²) in [5.74, 6) is 1.89. The smallest absolute Gasteiger partial charge is 0.160 e. The van der Waals surface area contributed by atoms with Crippen molar-refractivity contribution in [1.29, 1.82) is 0 Å². The largest absolute Gasteiger partial charge is 0.504 e.